The molecule has 0 aliphatic carbocycles. The van der Waals surface area contributed by atoms with Crippen LogP contribution in [0.25, 0.3) is 10.8 Å². The highest BCUT2D eigenvalue weighted by atomic mass is 32.2. The van der Waals surface area contributed by atoms with Gasteiger partial charge in [-0.15, -0.1) is 0 Å². The summed E-state index contributed by atoms with van der Waals surface area (Å²) in [7, 11) is 1.65. The molecule has 1 heterocycles. The molecule has 0 saturated carbocycles. The second-order valence-corrected chi connectivity index (χ2v) is 9.52. The van der Waals surface area contributed by atoms with Crippen molar-refractivity contribution in [1.29, 1.82) is 0 Å². The van der Waals surface area contributed by atoms with Crippen molar-refractivity contribution in [3.8, 4) is 0 Å². The molecule has 0 spiro atoms. The van der Waals surface area contributed by atoms with Gasteiger partial charge >= 0.3 is 0 Å². The van der Waals surface area contributed by atoms with Gasteiger partial charge in [-0.25, -0.2) is 4.99 Å². The molecule has 7 heteroatoms. The van der Waals surface area contributed by atoms with Gasteiger partial charge in [0.1, 0.15) is 5.25 Å². The molecule has 1 saturated heterocycles. The summed E-state index contributed by atoms with van der Waals surface area (Å²) in [4.78, 5) is 32.7. The fraction of sp³-hybridized carbons (Fsp3) is 0.296. The van der Waals surface area contributed by atoms with Crippen LogP contribution in [0.1, 0.15) is 24.0 Å². The van der Waals surface area contributed by atoms with Gasteiger partial charge in [-0.2, -0.15) is 0 Å². The van der Waals surface area contributed by atoms with Crippen LogP contribution in [-0.4, -0.2) is 47.4 Å². The van der Waals surface area contributed by atoms with E-state index in [4.69, 9.17) is 9.73 Å². The first-order valence-corrected chi connectivity index (χ1v) is 12.3. The van der Waals surface area contributed by atoms with Gasteiger partial charge in [0.05, 0.1) is 5.69 Å². The van der Waals surface area contributed by atoms with E-state index in [2.05, 4.69) is 5.32 Å². The van der Waals surface area contributed by atoms with Gasteiger partial charge in [0.2, 0.25) is 11.8 Å². The normalized spacial score (nSPS) is 17.0. The summed E-state index contributed by atoms with van der Waals surface area (Å²) in [5.41, 5.74) is 3.62. The number of thioether (sulfide) groups is 1. The minimum absolute atomic E-state index is 0.0863. The Morgan fingerprint density at radius 1 is 1.06 bits per heavy atom. The maximum Gasteiger partial charge on any atom is 0.242 e. The Kier molecular flexibility index (Phi) is 7.65. The van der Waals surface area contributed by atoms with Crippen LogP contribution in [0.2, 0.25) is 0 Å². The first kappa shape index (κ1) is 24.0. The van der Waals surface area contributed by atoms with Crippen LogP contribution in [0.4, 0.5) is 11.4 Å². The van der Waals surface area contributed by atoms with Crippen molar-refractivity contribution in [1.82, 2.24) is 4.90 Å². The quantitative estimate of drug-likeness (QED) is 0.440. The molecule has 3 aromatic carbocycles. The Morgan fingerprint density at radius 3 is 2.53 bits per heavy atom. The number of aryl methyl sites for hydroxylation is 2. The van der Waals surface area contributed by atoms with Crippen LogP contribution in [0.15, 0.2) is 65.7 Å². The highest BCUT2D eigenvalue weighted by molar-refractivity contribution is 8.15. The number of fused-ring (bicyclic) bond motifs is 1. The van der Waals surface area contributed by atoms with E-state index >= 15 is 0 Å². The predicted molar refractivity (Wildman–Crippen MR) is 140 cm³/mol. The number of aliphatic imine (C=N–C) groups is 1. The van der Waals surface area contributed by atoms with Crippen molar-refractivity contribution >= 4 is 50.9 Å². The number of para-hydroxylation sites is 1. The maximum atomic E-state index is 13.3. The smallest absolute Gasteiger partial charge is 0.242 e. The molecule has 2 amide bonds. The number of ether oxygens (including phenoxy) is 1. The molecular weight excluding hydrogens is 446 g/mol. The number of amides is 2. The highest BCUT2D eigenvalue weighted by Gasteiger charge is 2.39. The fourth-order valence-electron chi connectivity index (χ4n) is 4.08. The first-order valence-electron chi connectivity index (χ1n) is 11.4. The fourth-order valence-corrected chi connectivity index (χ4v) is 5.25. The average Bonchev–Trinajstić information content (AvgIpc) is 3.11. The van der Waals surface area contributed by atoms with Gasteiger partial charge in [-0.3, -0.25) is 14.5 Å². The van der Waals surface area contributed by atoms with E-state index in [-0.39, 0.29) is 18.2 Å². The van der Waals surface area contributed by atoms with Crippen LogP contribution < -0.4 is 5.32 Å². The van der Waals surface area contributed by atoms with Crippen LogP contribution in [0.3, 0.4) is 0 Å². The lowest BCUT2D eigenvalue weighted by Gasteiger charge is -2.16. The molecule has 1 aliphatic rings. The maximum absolute atomic E-state index is 13.3. The minimum atomic E-state index is -0.513. The largest absolute Gasteiger partial charge is 0.385 e. The molecule has 3 aromatic rings. The Hall–Kier alpha value is -3.16. The van der Waals surface area contributed by atoms with E-state index in [1.54, 1.807) is 12.0 Å². The number of nitrogens with zero attached hydrogens (tertiary/aromatic N) is 2. The number of carbonyl (C=O) groups is 2. The Bertz CT molecular complexity index is 1220. The van der Waals surface area contributed by atoms with Crippen LogP contribution >= 0.6 is 11.8 Å². The number of hydrogen-bond donors (Lipinski definition) is 1. The number of rotatable bonds is 8. The van der Waals surface area contributed by atoms with Gasteiger partial charge in [-0.1, -0.05) is 66.4 Å². The molecule has 0 bridgehead atoms. The van der Waals surface area contributed by atoms with Crippen LogP contribution in [-0.2, 0) is 14.3 Å². The van der Waals surface area contributed by atoms with Gasteiger partial charge in [0.25, 0.3) is 0 Å². The molecular formula is C27H29N3O3S. The van der Waals surface area contributed by atoms with E-state index in [1.807, 2.05) is 74.5 Å². The zero-order valence-electron chi connectivity index (χ0n) is 19.7. The molecule has 1 fully saturated rings. The molecule has 4 rings (SSSR count). The molecule has 1 aliphatic heterocycles. The number of carbonyl (C=O) groups excluding carboxylic acids is 2. The van der Waals surface area contributed by atoms with Crippen LogP contribution in [0, 0.1) is 13.8 Å². The number of benzene rings is 3. The molecule has 1 unspecified atom stereocenters. The zero-order valence-corrected chi connectivity index (χ0v) is 20.5. The average molecular weight is 476 g/mol. The lowest BCUT2D eigenvalue weighted by Crippen LogP contribution is -2.34. The zero-order chi connectivity index (χ0) is 24.1. The Morgan fingerprint density at radius 2 is 1.76 bits per heavy atom. The minimum Gasteiger partial charge on any atom is -0.385 e. The van der Waals surface area contributed by atoms with Gasteiger partial charge in [-0.05, 0) is 42.8 Å². The summed E-state index contributed by atoms with van der Waals surface area (Å²) in [5, 5.41) is 5.23. The number of nitrogens with one attached hydrogen (secondary N) is 1. The second-order valence-electron chi connectivity index (χ2n) is 8.35. The van der Waals surface area contributed by atoms with Gasteiger partial charge in [0.15, 0.2) is 5.17 Å². The van der Waals surface area contributed by atoms with Crippen molar-refractivity contribution in [2.24, 2.45) is 4.99 Å². The lowest BCUT2D eigenvalue weighted by atomic mass is 10.1. The molecule has 0 aromatic heterocycles. The molecule has 1 atom stereocenters. The molecule has 6 nitrogen and oxygen atoms in total. The van der Waals surface area contributed by atoms with Crippen molar-refractivity contribution in [3.63, 3.8) is 0 Å². The first-order chi connectivity index (χ1) is 16.5. The molecule has 34 heavy (non-hydrogen) atoms. The van der Waals surface area contributed by atoms with E-state index < -0.39 is 5.25 Å². The SMILES string of the molecule is COCCCN1C(=O)C(CC(=O)Nc2c(C)cccc2C)SC1=Nc1cccc2ccccc12. The van der Waals surface area contributed by atoms with Crippen molar-refractivity contribution in [2.45, 2.75) is 31.9 Å². The second kappa shape index (κ2) is 10.8. The number of methoxy groups -OCH3 is 1. The third-order valence-electron chi connectivity index (χ3n) is 5.85. The number of amidine groups is 1. The van der Waals surface area contributed by atoms with Gasteiger partial charge in [0, 0.05) is 37.8 Å². The van der Waals surface area contributed by atoms with E-state index in [9.17, 15) is 9.59 Å². The highest BCUT2D eigenvalue weighted by Crippen LogP contribution is 2.34. The van der Waals surface area contributed by atoms with E-state index in [0.29, 0.717) is 24.7 Å². The topological polar surface area (TPSA) is 71.0 Å². The number of anilines is 1. The standard InChI is InChI=1S/C27H29N3O3S/c1-18-9-6-10-19(2)25(18)29-24(31)17-23-26(32)30(15-8-16-33-3)27(34-23)28-22-14-7-12-20-11-4-5-13-21(20)22/h4-7,9-14,23H,8,15-17H2,1-3H3,(H,29,31). The number of hydrogen-bond acceptors (Lipinski definition) is 5. The summed E-state index contributed by atoms with van der Waals surface area (Å²) in [6, 6.07) is 19.9. The summed E-state index contributed by atoms with van der Waals surface area (Å²) in [5.74, 6) is -0.261. The van der Waals surface area contributed by atoms with E-state index in [0.717, 1.165) is 33.3 Å². The van der Waals surface area contributed by atoms with Crippen molar-refractivity contribution in [2.75, 3.05) is 25.6 Å². The monoisotopic (exact) mass is 475 g/mol. The van der Waals surface area contributed by atoms with Crippen molar-refractivity contribution in [3.05, 3.63) is 71.8 Å². The third kappa shape index (κ3) is 5.32. The molecule has 176 valence electrons. The summed E-state index contributed by atoms with van der Waals surface area (Å²) < 4.78 is 5.18. The van der Waals surface area contributed by atoms with Gasteiger partial charge < -0.3 is 10.1 Å². The van der Waals surface area contributed by atoms with Crippen LogP contribution in [0.5, 0.6) is 0 Å². The molecule has 0 radical (unpaired) electrons. The summed E-state index contributed by atoms with van der Waals surface area (Å²) >= 11 is 1.36. The third-order valence-corrected chi connectivity index (χ3v) is 7.02. The molecule has 1 N–H and O–H groups in total. The summed E-state index contributed by atoms with van der Waals surface area (Å²) in [6.07, 6.45) is 0.783. The predicted octanol–water partition coefficient (Wildman–Crippen LogP) is 5.45. The Labute approximate surface area is 204 Å². The Balaban J connectivity index is 1.57. The summed E-state index contributed by atoms with van der Waals surface area (Å²) in [6.45, 7) is 4.97. The van der Waals surface area contributed by atoms with Crippen molar-refractivity contribution < 1.29 is 14.3 Å². The lowest BCUT2D eigenvalue weighted by molar-refractivity contribution is -0.128. The van der Waals surface area contributed by atoms with E-state index in [1.165, 1.54) is 11.8 Å².